The van der Waals surface area contributed by atoms with Crippen LogP contribution in [0.2, 0.25) is 0 Å². The molecule has 1 aromatic heterocycles. The van der Waals surface area contributed by atoms with Gasteiger partial charge in [0.25, 0.3) is 5.89 Å². The van der Waals surface area contributed by atoms with Crippen LogP contribution in [0.1, 0.15) is 18.3 Å². The predicted octanol–water partition coefficient (Wildman–Crippen LogP) is 1.84. The van der Waals surface area contributed by atoms with E-state index in [4.69, 9.17) is 4.52 Å². The summed E-state index contributed by atoms with van der Waals surface area (Å²) in [4.78, 5) is 6.85. The molecule has 106 valence electrons. The lowest BCUT2D eigenvalue weighted by atomic mass is 10.1. The summed E-state index contributed by atoms with van der Waals surface area (Å²) in [6.07, 6.45) is 0. The summed E-state index contributed by atoms with van der Waals surface area (Å²) in [5, 5.41) is 7.52. The average Bonchev–Trinajstić information content (AvgIpc) is 2.87. The summed E-state index contributed by atoms with van der Waals surface area (Å²) >= 11 is 0. The molecule has 0 bridgehead atoms. The van der Waals surface area contributed by atoms with E-state index < -0.39 is 0 Å². The Hall–Kier alpha value is -1.72. The van der Waals surface area contributed by atoms with Gasteiger partial charge in [-0.25, -0.2) is 0 Å². The van der Waals surface area contributed by atoms with Gasteiger partial charge in [0.05, 0.1) is 6.54 Å². The lowest BCUT2D eigenvalue weighted by Gasteiger charge is -2.30. The number of piperazine rings is 1. The Balaban J connectivity index is 1.70. The quantitative estimate of drug-likeness (QED) is 0.924. The second-order valence-corrected chi connectivity index (χ2v) is 5.48. The lowest BCUT2D eigenvalue weighted by Crippen LogP contribution is -2.48. The molecule has 1 N–H and O–H groups in total. The monoisotopic (exact) mass is 272 g/mol. The van der Waals surface area contributed by atoms with Crippen LogP contribution < -0.4 is 5.32 Å². The molecule has 5 heteroatoms. The Labute approximate surface area is 119 Å². The first kappa shape index (κ1) is 13.3. The van der Waals surface area contributed by atoms with E-state index in [1.54, 1.807) is 0 Å². The number of nitrogens with one attached hydrogen (secondary N) is 1. The molecule has 0 spiro atoms. The summed E-state index contributed by atoms with van der Waals surface area (Å²) in [5.74, 6) is 1.36. The van der Waals surface area contributed by atoms with E-state index in [-0.39, 0.29) is 0 Å². The molecular formula is C15H20N4O. The highest BCUT2D eigenvalue weighted by Crippen LogP contribution is 2.18. The Bertz CT molecular complexity index is 581. The minimum atomic E-state index is 0.520. The Morgan fingerprint density at radius 2 is 2.35 bits per heavy atom. The molecule has 0 aliphatic carbocycles. The predicted molar refractivity (Wildman–Crippen MR) is 77.2 cm³/mol. The van der Waals surface area contributed by atoms with Gasteiger partial charge in [0.15, 0.2) is 5.82 Å². The number of aromatic nitrogens is 2. The van der Waals surface area contributed by atoms with E-state index in [0.29, 0.717) is 11.9 Å². The summed E-state index contributed by atoms with van der Waals surface area (Å²) in [6.45, 7) is 8.07. The Morgan fingerprint density at radius 1 is 1.45 bits per heavy atom. The van der Waals surface area contributed by atoms with Gasteiger partial charge < -0.3 is 9.84 Å². The van der Waals surface area contributed by atoms with Crippen molar-refractivity contribution in [3.8, 4) is 11.5 Å². The van der Waals surface area contributed by atoms with Crippen molar-refractivity contribution in [2.45, 2.75) is 26.4 Å². The molecule has 3 rings (SSSR count). The van der Waals surface area contributed by atoms with Crippen molar-refractivity contribution in [2.24, 2.45) is 0 Å². The molecule has 1 atom stereocenters. The van der Waals surface area contributed by atoms with Gasteiger partial charge in [-0.2, -0.15) is 4.98 Å². The number of benzene rings is 1. The zero-order chi connectivity index (χ0) is 13.9. The van der Waals surface area contributed by atoms with Crippen LogP contribution in [-0.4, -0.2) is 40.7 Å². The maximum atomic E-state index is 5.37. The first-order valence-electron chi connectivity index (χ1n) is 7.06. The number of rotatable bonds is 3. The van der Waals surface area contributed by atoms with Crippen molar-refractivity contribution in [3.05, 3.63) is 35.7 Å². The molecule has 2 heterocycles. The van der Waals surface area contributed by atoms with Gasteiger partial charge >= 0.3 is 0 Å². The zero-order valence-corrected chi connectivity index (χ0v) is 12.0. The van der Waals surface area contributed by atoms with Crippen molar-refractivity contribution in [3.63, 3.8) is 0 Å². The van der Waals surface area contributed by atoms with Crippen LogP contribution >= 0.6 is 0 Å². The third kappa shape index (κ3) is 3.05. The van der Waals surface area contributed by atoms with Crippen LogP contribution in [0.15, 0.2) is 28.8 Å². The fourth-order valence-electron chi connectivity index (χ4n) is 2.57. The van der Waals surface area contributed by atoms with Crippen LogP contribution in [0.4, 0.5) is 0 Å². The van der Waals surface area contributed by atoms with Crippen LogP contribution in [-0.2, 0) is 6.54 Å². The third-order valence-electron chi connectivity index (χ3n) is 3.55. The fourth-order valence-corrected chi connectivity index (χ4v) is 2.57. The average molecular weight is 272 g/mol. The minimum Gasteiger partial charge on any atom is -0.334 e. The molecular weight excluding hydrogens is 252 g/mol. The Morgan fingerprint density at radius 3 is 3.15 bits per heavy atom. The van der Waals surface area contributed by atoms with Crippen LogP contribution in [0, 0.1) is 6.92 Å². The molecule has 2 aromatic rings. The molecule has 20 heavy (non-hydrogen) atoms. The highest BCUT2D eigenvalue weighted by atomic mass is 16.5. The molecule has 1 fully saturated rings. The SMILES string of the molecule is Cc1cccc(-c2nc(CN3CCN[C@H](C)C3)no2)c1. The van der Waals surface area contributed by atoms with Gasteiger partial charge in [0.2, 0.25) is 0 Å². The number of nitrogens with zero attached hydrogens (tertiary/aromatic N) is 3. The zero-order valence-electron chi connectivity index (χ0n) is 12.0. The molecule has 0 saturated carbocycles. The van der Waals surface area contributed by atoms with E-state index in [1.165, 1.54) is 5.56 Å². The second-order valence-electron chi connectivity index (χ2n) is 5.48. The van der Waals surface area contributed by atoms with E-state index >= 15 is 0 Å². The standard InChI is InChI=1S/C15H20N4O/c1-11-4-3-5-13(8-11)15-17-14(18-20-15)10-19-7-6-16-12(2)9-19/h3-5,8,12,16H,6-7,9-10H2,1-2H3/t12-/m1/s1. The highest BCUT2D eigenvalue weighted by molar-refractivity contribution is 5.53. The second kappa shape index (κ2) is 5.73. The molecule has 0 radical (unpaired) electrons. The number of hydrogen-bond acceptors (Lipinski definition) is 5. The third-order valence-corrected chi connectivity index (χ3v) is 3.55. The van der Waals surface area contributed by atoms with Crippen molar-refractivity contribution >= 4 is 0 Å². The topological polar surface area (TPSA) is 54.2 Å². The normalized spacial score (nSPS) is 20.2. The van der Waals surface area contributed by atoms with E-state index in [0.717, 1.165) is 37.6 Å². The van der Waals surface area contributed by atoms with Gasteiger partial charge in [0.1, 0.15) is 0 Å². The van der Waals surface area contributed by atoms with Gasteiger partial charge in [-0.3, -0.25) is 4.90 Å². The van der Waals surface area contributed by atoms with Crippen molar-refractivity contribution in [2.75, 3.05) is 19.6 Å². The first-order chi connectivity index (χ1) is 9.70. The maximum Gasteiger partial charge on any atom is 0.257 e. The van der Waals surface area contributed by atoms with Crippen molar-refractivity contribution < 1.29 is 4.52 Å². The number of hydrogen-bond donors (Lipinski definition) is 1. The largest absolute Gasteiger partial charge is 0.334 e. The van der Waals surface area contributed by atoms with Crippen molar-refractivity contribution in [1.29, 1.82) is 0 Å². The first-order valence-corrected chi connectivity index (χ1v) is 7.06. The molecule has 1 aliphatic rings. The molecule has 0 amide bonds. The van der Waals surface area contributed by atoms with Crippen molar-refractivity contribution in [1.82, 2.24) is 20.4 Å². The Kier molecular flexibility index (Phi) is 3.80. The molecule has 1 aromatic carbocycles. The minimum absolute atomic E-state index is 0.520. The highest BCUT2D eigenvalue weighted by Gasteiger charge is 2.18. The van der Waals surface area contributed by atoms with E-state index in [2.05, 4.69) is 46.3 Å². The van der Waals surface area contributed by atoms with E-state index in [9.17, 15) is 0 Å². The summed E-state index contributed by atoms with van der Waals surface area (Å²) in [6, 6.07) is 8.64. The van der Waals surface area contributed by atoms with Gasteiger partial charge in [-0.1, -0.05) is 22.9 Å². The maximum absolute atomic E-state index is 5.37. The molecule has 5 nitrogen and oxygen atoms in total. The van der Waals surface area contributed by atoms with Gasteiger partial charge in [-0.05, 0) is 26.0 Å². The van der Waals surface area contributed by atoms with Crippen LogP contribution in [0.3, 0.4) is 0 Å². The van der Waals surface area contributed by atoms with Crippen LogP contribution in [0.25, 0.3) is 11.5 Å². The molecule has 0 unspecified atom stereocenters. The van der Waals surface area contributed by atoms with Gasteiger partial charge in [-0.15, -0.1) is 0 Å². The summed E-state index contributed by atoms with van der Waals surface area (Å²) < 4.78 is 5.37. The fraction of sp³-hybridized carbons (Fsp3) is 0.467. The smallest absolute Gasteiger partial charge is 0.257 e. The molecule has 1 saturated heterocycles. The lowest BCUT2D eigenvalue weighted by molar-refractivity contribution is 0.193. The summed E-state index contributed by atoms with van der Waals surface area (Å²) in [5.41, 5.74) is 2.18. The van der Waals surface area contributed by atoms with E-state index in [1.807, 2.05) is 12.1 Å². The molecule has 1 aliphatic heterocycles. The van der Waals surface area contributed by atoms with Gasteiger partial charge in [0, 0.05) is 31.2 Å². The van der Waals surface area contributed by atoms with Crippen LogP contribution in [0.5, 0.6) is 0 Å². The number of aryl methyl sites for hydroxylation is 1. The summed E-state index contributed by atoms with van der Waals surface area (Å²) in [7, 11) is 0.